The SMILES string of the molecule is Cc1cccc(NC(=O)COc2c(C)[nH]ccc2=O)n1. The first-order valence-corrected chi connectivity index (χ1v) is 6.11. The third-order valence-electron chi connectivity index (χ3n) is 2.60. The predicted molar refractivity (Wildman–Crippen MR) is 74.9 cm³/mol. The smallest absolute Gasteiger partial charge is 0.263 e. The number of nitrogens with one attached hydrogen (secondary N) is 2. The van der Waals surface area contributed by atoms with Crippen LogP contribution >= 0.6 is 0 Å². The Morgan fingerprint density at radius 2 is 2.15 bits per heavy atom. The number of ether oxygens (including phenoxy) is 1. The van der Waals surface area contributed by atoms with E-state index in [4.69, 9.17) is 4.74 Å². The number of anilines is 1. The highest BCUT2D eigenvalue weighted by atomic mass is 16.5. The second-order valence-corrected chi connectivity index (χ2v) is 4.30. The van der Waals surface area contributed by atoms with Crippen LogP contribution in [0.25, 0.3) is 0 Å². The van der Waals surface area contributed by atoms with Gasteiger partial charge >= 0.3 is 0 Å². The van der Waals surface area contributed by atoms with Crippen LogP contribution in [-0.2, 0) is 4.79 Å². The third-order valence-corrected chi connectivity index (χ3v) is 2.60. The molecule has 0 aromatic carbocycles. The number of carbonyl (C=O) groups is 1. The lowest BCUT2D eigenvalue weighted by Crippen LogP contribution is -2.23. The molecule has 0 aliphatic rings. The number of pyridine rings is 2. The Bertz CT molecular complexity index is 679. The summed E-state index contributed by atoms with van der Waals surface area (Å²) in [5, 5.41) is 2.60. The quantitative estimate of drug-likeness (QED) is 0.882. The average molecular weight is 273 g/mol. The molecule has 2 N–H and O–H groups in total. The van der Waals surface area contributed by atoms with Gasteiger partial charge in [0, 0.05) is 18.0 Å². The van der Waals surface area contributed by atoms with Gasteiger partial charge in [0.1, 0.15) is 5.82 Å². The van der Waals surface area contributed by atoms with Crippen molar-refractivity contribution >= 4 is 11.7 Å². The first-order valence-electron chi connectivity index (χ1n) is 6.11. The van der Waals surface area contributed by atoms with E-state index < -0.39 is 0 Å². The number of hydrogen-bond acceptors (Lipinski definition) is 4. The van der Waals surface area contributed by atoms with Gasteiger partial charge in [-0.25, -0.2) is 4.98 Å². The van der Waals surface area contributed by atoms with Crippen LogP contribution in [0.4, 0.5) is 5.82 Å². The maximum Gasteiger partial charge on any atom is 0.263 e. The molecule has 0 aliphatic carbocycles. The molecule has 0 saturated carbocycles. The highest BCUT2D eigenvalue weighted by molar-refractivity contribution is 5.90. The van der Waals surface area contributed by atoms with Gasteiger partial charge in [0.2, 0.25) is 5.43 Å². The van der Waals surface area contributed by atoms with Gasteiger partial charge in [0.15, 0.2) is 12.4 Å². The van der Waals surface area contributed by atoms with Gasteiger partial charge in [-0.15, -0.1) is 0 Å². The number of carbonyl (C=O) groups excluding carboxylic acids is 1. The summed E-state index contributed by atoms with van der Waals surface area (Å²) in [4.78, 5) is 30.3. The molecule has 20 heavy (non-hydrogen) atoms. The van der Waals surface area contributed by atoms with Crippen molar-refractivity contribution in [2.75, 3.05) is 11.9 Å². The maximum absolute atomic E-state index is 11.7. The molecule has 2 aromatic heterocycles. The van der Waals surface area contributed by atoms with Crippen molar-refractivity contribution in [1.29, 1.82) is 0 Å². The minimum atomic E-state index is -0.370. The lowest BCUT2D eigenvalue weighted by molar-refractivity contribution is -0.118. The first-order chi connectivity index (χ1) is 9.56. The van der Waals surface area contributed by atoms with E-state index in [0.29, 0.717) is 11.5 Å². The van der Waals surface area contributed by atoms with E-state index in [2.05, 4.69) is 15.3 Å². The maximum atomic E-state index is 11.7. The van der Waals surface area contributed by atoms with E-state index in [-0.39, 0.29) is 23.7 Å². The van der Waals surface area contributed by atoms with Gasteiger partial charge in [-0.1, -0.05) is 6.07 Å². The Hall–Kier alpha value is -2.63. The van der Waals surface area contributed by atoms with Crippen molar-refractivity contribution in [1.82, 2.24) is 9.97 Å². The number of aromatic nitrogens is 2. The fourth-order valence-electron chi connectivity index (χ4n) is 1.68. The van der Waals surface area contributed by atoms with Crippen molar-refractivity contribution in [3.63, 3.8) is 0 Å². The van der Waals surface area contributed by atoms with E-state index in [1.54, 1.807) is 19.1 Å². The first kappa shape index (κ1) is 13.8. The molecule has 0 radical (unpaired) electrons. The molecular formula is C14H15N3O3. The molecule has 6 nitrogen and oxygen atoms in total. The number of rotatable bonds is 4. The zero-order valence-electron chi connectivity index (χ0n) is 11.3. The summed E-state index contributed by atoms with van der Waals surface area (Å²) in [5.41, 5.74) is 1.13. The highest BCUT2D eigenvalue weighted by Gasteiger charge is 2.08. The molecule has 0 bridgehead atoms. The Morgan fingerprint density at radius 1 is 1.35 bits per heavy atom. The number of aryl methyl sites for hydroxylation is 2. The van der Waals surface area contributed by atoms with Gasteiger partial charge < -0.3 is 15.0 Å². The van der Waals surface area contributed by atoms with E-state index in [0.717, 1.165) is 5.69 Å². The summed E-state index contributed by atoms with van der Waals surface area (Å²) < 4.78 is 5.25. The Balaban J connectivity index is 1.98. The lowest BCUT2D eigenvalue weighted by Gasteiger charge is -2.08. The molecule has 6 heteroatoms. The monoisotopic (exact) mass is 273 g/mol. The van der Waals surface area contributed by atoms with E-state index >= 15 is 0 Å². The van der Waals surface area contributed by atoms with Crippen LogP contribution in [0.15, 0.2) is 35.3 Å². The topological polar surface area (TPSA) is 84.1 Å². The molecule has 0 atom stereocenters. The summed E-state index contributed by atoms with van der Waals surface area (Å²) in [7, 11) is 0. The van der Waals surface area contributed by atoms with Crippen LogP contribution in [0.2, 0.25) is 0 Å². The van der Waals surface area contributed by atoms with Crippen molar-refractivity contribution in [2.45, 2.75) is 13.8 Å². The molecule has 0 saturated heterocycles. The number of amides is 1. The fourth-order valence-corrected chi connectivity index (χ4v) is 1.68. The fraction of sp³-hybridized carbons (Fsp3) is 0.214. The summed E-state index contributed by atoms with van der Waals surface area (Å²) >= 11 is 0. The largest absolute Gasteiger partial charge is 0.478 e. The molecular weight excluding hydrogens is 258 g/mol. The molecule has 2 heterocycles. The highest BCUT2D eigenvalue weighted by Crippen LogP contribution is 2.08. The second kappa shape index (κ2) is 6.01. The van der Waals surface area contributed by atoms with Gasteiger partial charge in [-0.2, -0.15) is 0 Å². The molecule has 2 rings (SSSR count). The molecule has 2 aromatic rings. The normalized spacial score (nSPS) is 10.1. The van der Waals surface area contributed by atoms with Crippen LogP contribution in [0.1, 0.15) is 11.4 Å². The van der Waals surface area contributed by atoms with Crippen molar-refractivity contribution in [3.8, 4) is 5.75 Å². The standard InChI is InChI=1S/C14H15N3O3/c1-9-4-3-5-12(16-9)17-13(19)8-20-14-10(2)15-7-6-11(14)18/h3-7H,8H2,1-2H3,(H,15,18)(H,16,17,19). The second-order valence-electron chi connectivity index (χ2n) is 4.30. The molecule has 104 valence electrons. The van der Waals surface area contributed by atoms with Gasteiger partial charge in [-0.05, 0) is 26.0 Å². The number of aromatic amines is 1. The zero-order chi connectivity index (χ0) is 14.5. The molecule has 1 amide bonds. The average Bonchev–Trinajstić information content (AvgIpc) is 2.38. The van der Waals surface area contributed by atoms with Crippen molar-refractivity contribution in [2.24, 2.45) is 0 Å². The summed E-state index contributed by atoms with van der Waals surface area (Å²) in [6, 6.07) is 6.66. The molecule has 0 spiro atoms. The van der Waals surface area contributed by atoms with E-state index in [1.165, 1.54) is 12.3 Å². The lowest BCUT2D eigenvalue weighted by atomic mass is 10.3. The summed E-state index contributed by atoms with van der Waals surface area (Å²) in [6.45, 7) is 3.29. The molecule has 0 fully saturated rings. The molecule has 0 aliphatic heterocycles. The van der Waals surface area contributed by atoms with Crippen LogP contribution in [0.3, 0.4) is 0 Å². The van der Waals surface area contributed by atoms with Gasteiger partial charge in [0.25, 0.3) is 5.91 Å². The van der Waals surface area contributed by atoms with Crippen LogP contribution < -0.4 is 15.5 Å². The van der Waals surface area contributed by atoms with Crippen LogP contribution in [0.5, 0.6) is 5.75 Å². The van der Waals surface area contributed by atoms with Crippen molar-refractivity contribution in [3.05, 3.63) is 52.1 Å². The van der Waals surface area contributed by atoms with E-state index in [9.17, 15) is 9.59 Å². The van der Waals surface area contributed by atoms with Gasteiger partial charge in [0.05, 0.1) is 5.69 Å². The number of nitrogens with zero attached hydrogens (tertiary/aromatic N) is 1. The van der Waals surface area contributed by atoms with Crippen molar-refractivity contribution < 1.29 is 9.53 Å². The van der Waals surface area contributed by atoms with Crippen LogP contribution in [-0.4, -0.2) is 22.5 Å². The molecule has 0 unspecified atom stereocenters. The predicted octanol–water partition coefficient (Wildman–Crippen LogP) is 1.40. The number of hydrogen-bond donors (Lipinski definition) is 2. The van der Waals surface area contributed by atoms with E-state index in [1.807, 2.05) is 13.0 Å². The summed E-state index contributed by atoms with van der Waals surface area (Å²) in [5.74, 6) is 0.239. The van der Waals surface area contributed by atoms with Crippen LogP contribution in [0, 0.1) is 13.8 Å². The third kappa shape index (κ3) is 3.44. The van der Waals surface area contributed by atoms with Gasteiger partial charge in [-0.3, -0.25) is 9.59 Å². The Kier molecular flexibility index (Phi) is 4.14. The summed E-state index contributed by atoms with van der Waals surface area (Å²) in [6.07, 6.45) is 1.53. The Morgan fingerprint density at radius 3 is 2.85 bits per heavy atom. The zero-order valence-corrected chi connectivity index (χ0v) is 11.3. The minimum absolute atomic E-state index is 0.153. The minimum Gasteiger partial charge on any atom is -0.478 e. The Labute approximate surface area is 115 Å². The number of H-pyrrole nitrogens is 1.